The number of carbonyl (C=O) groups excluding carboxylic acids is 3. The lowest BCUT2D eigenvalue weighted by atomic mass is 9.96. The average Bonchev–Trinajstić information content (AvgIpc) is 3.14. The summed E-state index contributed by atoms with van der Waals surface area (Å²) in [6, 6.07) is 11.0. The Balaban J connectivity index is 1.73. The molecular weight excluding hydrogens is 384 g/mol. The average molecular weight is 412 g/mol. The molecule has 1 aromatic heterocycles. The van der Waals surface area contributed by atoms with Crippen LogP contribution in [0.2, 0.25) is 0 Å². The van der Waals surface area contributed by atoms with Crippen molar-refractivity contribution in [1.82, 2.24) is 30.2 Å². The Labute approximate surface area is 176 Å². The molecule has 1 aliphatic heterocycles. The molecule has 0 saturated carbocycles. The number of carbonyl (C=O) groups is 3. The van der Waals surface area contributed by atoms with Crippen molar-refractivity contribution in [3.63, 3.8) is 0 Å². The van der Waals surface area contributed by atoms with E-state index in [2.05, 4.69) is 15.7 Å². The molecule has 30 heavy (non-hydrogen) atoms. The molecule has 2 aromatic rings. The van der Waals surface area contributed by atoms with Crippen LogP contribution in [0.25, 0.3) is 0 Å². The zero-order valence-corrected chi connectivity index (χ0v) is 17.8. The maximum Gasteiger partial charge on any atom is 0.272 e. The molecule has 1 atom stereocenters. The molecule has 0 spiro atoms. The van der Waals surface area contributed by atoms with Crippen LogP contribution in [0.5, 0.6) is 0 Å². The van der Waals surface area contributed by atoms with Crippen LogP contribution in [0, 0.1) is 0 Å². The van der Waals surface area contributed by atoms with E-state index in [4.69, 9.17) is 0 Å². The number of nitrogens with one attached hydrogen (secondary N) is 2. The molecule has 0 bridgehead atoms. The molecule has 3 amide bonds. The van der Waals surface area contributed by atoms with E-state index in [9.17, 15) is 14.4 Å². The number of amides is 3. The number of nitrogens with zero attached hydrogens (tertiary/aromatic N) is 4. The second kappa shape index (κ2) is 8.66. The van der Waals surface area contributed by atoms with E-state index in [-0.39, 0.29) is 30.0 Å². The predicted molar refractivity (Wildman–Crippen MR) is 112 cm³/mol. The van der Waals surface area contributed by atoms with Gasteiger partial charge in [0.05, 0.1) is 6.54 Å². The maximum atomic E-state index is 13.0. The first-order chi connectivity index (χ1) is 14.2. The van der Waals surface area contributed by atoms with Gasteiger partial charge < -0.3 is 20.4 Å². The molecule has 9 nitrogen and oxygen atoms in total. The molecule has 9 heteroatoms. The number of likely N-dealkylation sites (N-methyl/N-ethyl adjacent to an activating group) is 2. The van der Waals surface area contributed by atoms with Gasteiger partial charge in [0.25, 0.3) is 11.8 Å². The Hall–Kier alpha value is -3.20. The van der Waals surface area contributed by atoms with Crippen LogP contribution in [-0.2, 0) is 17.9 Å². The summed E-state index contributed by atoms with van der Waals surface area (Å²) in [6.45, 7) is 3.40. The molecule has 0 fully saturated rings. The Morgan fingerprint density at radius 3 is 2.57 bits per heavy atom. The van der Waals surface area contributed by atoms with Gasteiger partial charge in [-0.3, -0.25) is 19.1 Å². The van der Waals surface area contributed by atoms with E-state index in [0.717, 1.165) is 5.56 Å². The monoisotopic (exact) mass is 412 g/mol. The number of fused-ring (bicyclic) bond motifs is 1. The van der Waals surface area contributed by atoms with Gasteiger partial charge in [0.15, 0.2) is 5.69 Å². The molecule has 0 aliphatic carbocycles. The van der Waals surface area contributed by atoms with E-state index in [1.54, 1.807) is 14.0 Å². The topological polar surface area (TPSA) is 99.6 Å². The lowest BCUT2D eigenvalue weighted by molar-refractivity contribution is -0.132. The van der Waals surface area contributed by atoms with Crippen LogP contribution in [-0.4, -0.2) is 77.1 Å². The minimum absolute atomic E-state index is 0.163. The van der Waals surface area contributed by atoms with Gasteiger partial charge in [-0.1, -0.05) is 30.3 Å². The van der Waals surface area contributed by atoms with Crippen LogP contribution < -0.4 is 10.6 Å². The fraction of sp³-hybridized carbons (Fsp3) is 0.429. The molecule has 3 rings (SSSR count). The van der Waals surface area contributed by atoms with Gasteiger partial charge in [0.1, 0.15) is 11.2 Å². The highest BCUT2D eigenvalue weighted by Gasteiger charge is 2.46. The van der Waals surface area contributed by atoms with Gasteiger partial charge in [0.2, 0.25) is 5.91 Å². The van der Waals surface area contributed by atoms with Gasteiger partial charge in [0, 0.05) is 32.7 Å². The number of rotatable bonds is 7. The van der Waals surface area contributed by atoms with E-state index in [1.807, 2.05) is 49.3 Å². The highest BCUT2D eigenvalue weighted by molar-refractivity contribution is 6.01. The Kier molecular flexibility index (Phi) is 6.21. The third kappa shape index (κ3) is 4.35. The first-order valence-electron chi connectivity index (χ1n) is 9.83. The van der Waals surface area contributed by atoms with Crippen LogP contribution >= 0.6 is 0 Å². The summed E-state index contributed by atoms with van der Waals surface area (Å²) in [4.78, 5) is 41.6. The van der Waals surface area contributed by atoms with Crippen LogP contribution in [0.4, 0.5) is 0 Å². The second-order valence-corrected chi connectivity index (χ2v) is 7.94. The second-order valence-electron chi connectivity index (χ2n) is 7.94. The van der Waals surface area contributed by atoms with Crippen molar-refractivity contribution in [3.8, 4) is 0 Å². The number of hydrogen-bond acceptors (Lipinski definition) is 5. The zero-order valence-electron chi connectivity index (χ0n) is 17.8. The summed E-state index contributed by atoms with van der Waals surface area (Å²) in [5.74, 6) is -0.969. The Morgan fingerprint density at radius 2 is 1.90 bits per heavy atom. The maximum absolute atomic E-state index is 13.0. The first-order valence-corrected chi connectivity index (χ1v) is 9.83. The molecule has 160 valence electrons. The van der Waals surface area contributed by atoms with Crippen molar-refractivity contribution < 1.29 is 14.4 Å². The number of hydrogen-bond donors (Lipinski definition) is 2. The third-order valence-corrected chi connectivity index (χ3v) is 5.36. The summed E-state index contributed by atoms with van der Waals surface area (Å²) >= 11 is 0. The first kappa shape index (κ1) is 21.5. The van der Waals surface area contributed by atoms with E-state index in [1.165, 1.54) is 15.6 Å². The third-order valence-electron chi connectivity index (χ3n) is 5.36. The SMILES string of the molecule is CN(C)CCNC(=O)c1cc2n(n1)C[C@@](C)(C(=O)NCc1ccccc1)N(C)C2=O. The molecule has 2 N–H and O–H groups in total. The zero-order chi connectivity index (χ0) is 21.9. The fourth-order valence-corrected chi connectivity index (χ4v) is 3.29. The summed E-state index contributed by atoms with van der Waals surface area (Å²) in [6.07, 6.45) is 0. The van der Waals surface area contributed by atoms with Gasteiger partial charge in [-0.05, 0) is 26.6 Å². The molecule has 0 radical (unpaired) electrons. The molecule has 0 unspecified atom stereocenters. The molecular formula is C21H28N6O3. The van der Waals surface area contributed by atoms with Crippen molar-refractivity contribution in [2.45, 2.75) is 25.6 Å². The van der Waals surface area contributed by atoms with Gasteiger partial charge in [-0.25, -0.2) is 0 Å². The highest BCUT2D eigenvalue weighted by Crippen LogP contribution is 2.26. The highest BCUT2D eigenvalue weighted by atomic mass is 16.2. The minimum Gasteiger partial charge on any atom is -0.350 e. The lowest BCUT2D eigenvalue weighted by Gasteiger charge is -2.40. The van der Waals surface area contributed by atoms with Crippen molar-refractivity contribution in [1.29, 1.82) is 0 Å². The number of aromatic nitrogens is 2. The molecule has 1 aliphatic rings. The minimum atomic E-state index is -1.12. The van der Waals surface area contributed by atoms with Crippen LogP contribution in [0.3, 0.4) is 0 Å². The largest absolute Gasteiger partial charge is 0.350 e. The normalized spacial score (nSPS) is 18.3. The predicted octanol–water partition coefficient (Wildman–Crippen LogP) is 0.335. The molecule has 0 saturated heterocycles. The fourth-order valence-electron chi connectivity index (χ4n) is 3.29. The molecule has 1 aromatic carbocycles. The van der Waals surface area contributed by atoms with Crippen LogP contribution in [0.1, 0.15) is 33.5 Å². The smallest absolute Gasteiger partial charge is 0.272 e. The number of benzene rings is 1. The standard InChI is InChI=1S/C21H28N6O3/c1-21(20(30)23-13-15-8-6-5-7-9-15)14-27-17(19(29)26(21)4)12-16(24-27)18(28)22-10-11-25(2)3/h5-9,12H,10-11,13-14H2,1-4H3,(H,22,28)(H,23,30)/t21-/m0/s1. The van der Waals surface area contributed by atoms with Gasteiger partial charge >= 0.3 is 0 Å². The van der Waals surface area contributed by atoms with E-state index in [0.29, 0.717) is 25.3 Å². The summed E-state index contributed by atoms with van der Waals surface area (Å²) in [5.41, 5.74) is 0.308. The van der Waals surface area contributed by atoms with Crippen molar-refractivity contribution in [3.05, 3.63) is 53.3 Å². The summed E-state index contributed by atoms with van der Waals surface area (Å²) < 4.78 is 1.45. The van der Waals surface area contributed by atoms with Crippen molar-refractivity contribution in [2.75, 3.05) is 34.2 Å². The van der Waals surface area contributed by atoms with Gasteiger partial charge in [-0.2, -0.15) is 5.10 Å². The van der Waals surface area contributed by atoms with Crippen molar-refractivity contribution >= 4 is 17.7 Å². The quantitative estimate of drug-likeness (QED) is 0.683. The Bertz CT molecular complexity index is 939. The molecule has 2 heterocycles. The van der Waals surface area contributed by atoms with E-state index >= 15 is 0 Å². The summed E-state index contributed by atoms with van der Waals surface area (Å²) in [5, 5.41) is 9.98. The Morgan fingerprint density at radius 1 is 1.20 bits per heavy atom. The van der Waals surface area contributed by atoms with Gasteiger partial charge in [-0.15, -0.1) is 0 Å². The van der Waals surface area contributed by atoms with Crippen molar-refractivity contribution in [2.24, 2.45) is 0 Å². The van der Waals surface area contributed by atoms with Crippen LogP contribution in [0.15, 0.2) is 36.4 Å². The van der Waals surface area contributed by atoms with E-state index < -0.39 is 5.54 Å². The summed E-state index contributed by atoms with van der Waals surface area (Å²) in [7, 11) is 5.43. The lowest BCUT2D eigenvalue weighted by Crippen LogP contribution is -2.62.